The van der Waals surface area contributed by atoms with Crippen LogP contribution in [0.4, 0.5) is 0 Å². The Hall–Kier alpha value is -1.44. The van der Waals surface area contributed by atoms with Gasteiger partial charge in [0.05, 0.1) is 6.61 Å². The van der Waals surface area contributed by atoms with Crippen molar-refractivity contribution in [1.82, 2.24) is 0 Å². The maximum absolute atomic E-state index is 9.62. The molecule has 1 aromatic carbocycles. The quantitative estimate of drug-likeness (QED) is 0.734. The van der Waals surface area contributed by atoms with Gasteiger partial charge in [-0.25, -0.2) is 0 Å². The standard InChI is InChI=1S/C14H20O2/c1-4-5-6-9-16-14-10-12(11(2)3)7-8-13(14)15/h7-8,10,15H,2,4-6,9H2,1,3H3. The van der Waals surface area contributed by atoms with Crippen LogP contribution in [0.2, 0.25) is 0 Å². The highest BCUT2D eigenvalue weighted by atomic mass is 16.5. The van der Waals surface area contributed by atoms with Gasteiger partial charge in [-0.2, -0.15) is 0 Å². The summed E-state index contributed by atoms with van der Waals surface area (Å²) in [6.07, 6.45) is 3.34. The molecule has 16 heavy (non-hydrogen) atoms. The minimum Gasteiger partial charge on any atom is -0.504 e. The smallest absolute Gasteiger partial charge is 0.161 e. The Labute approximate surface area is 97.6 Å². The first kappa shape index (κ1) is 12.6. The predicted molar refractivity (Wildman–Crippen MR) is 67.8 cm³/mol. The molecule has 0 aliphatic carbocycles. The fourth-order valence-electron chi connectivity index (χ4n) is 1.43. The molecule has 88 valence electrons. The topological polar surface area (TPSA) is 29.5 Å². The van der Waals surface area contributed by atoms with Crippen molar-refractivity contribution in [2.24, 2.45) is 0 Å². The molecular weight excluding hydrogens is 200 g/mol. The SMILES string of the molecule is C=C(C)c1ccc(O)c(OCCCCC)c1. The number of phenols is 1. The molecule has 0 fully saturated rings. The molecule has 0 unspecified atom stereocenters. The Bertz CT molecular complexity index is 356. The maximum Gasteiger partial charge on any atom is 0.161 e. The zero-order valence-corrected chi connectivity index (χ0v) is 10.1. The molecule has 0 bridgehead atoms. The van der Waals surface area contributed by atoms with Crippen LogP contribution in [0, 0.1) is 0 Å². The van der Waals surface area contributed by atoms with Gasteiger partial charge in [0, 0.05) is 0 Å². The first-order valence-electron chi connectivity index (χ1n) is 5.77. The van der Waals surface area contributed by atoms with Crippen LogP contribution in [0.25, 0.3) is 5.57 Å². The van der Waals surface area contributed by atoms with Crippen LogP contribution < -0.4 is 4.74 Å². The Balaban J connectivity index is 2.63. The number of benzene rings is 1. The fourth-order valence-corrected chi connectivity index (χ4v) is 1.43. The molecule has 0 heterocycles. The minimum atomic E-state index is 0.196. The lowest BCUT2D eigenvalue weighted by Gasteiger charge is -2.09. The van der Waals surface area contributed by atoms with Crippen LogP contribution in [0.15, 0.2) is 24.8 Å². The van der Waals surface area contributed by atoms with E-state index < -0.39 is 0 Å². The lowest BCUT2D eigenvalue weighted by molar-refractivity contribution is 0.290. The van der Waals surface area contributed by atoms with E-state index in [0.717, 1.165) is 24.0 Å². The molecule has 0 amide bonds. The Morgan fingerprint density at radius 2 is 2.12 bits per heavy atom. The first-order chi connectivity index (χ1) is 7.65. The summed E-state index contributed by atoms with van der Waals surface area (Å²) in [6, 6.07) is 5.33. The average Bonchev–Trinajstić information content (AvgIpc) is 2.26. The van der Waals surface area contributed by atoms with Crippen LogP contribution in [0.3, 0.4) is 0 Å². The highest BCUT2D eigenvalue weighted by Crippen LogP contribution is 2.29. The van der Waals surface area contributed by atoms with Gasteiger partial charge in [-0.1, -0.05) is 38.0 Å². The highest BCUT2D eigenvalue weighted by Gasteiger charge is 2.04. The summed E-state index contributed by atoms with van der Waals surface area (Å²) < 4.78 is 5.54. The number of allylic oxidation sites excluding steroid dienone is 1. The maximum atomic E-state index is 9.62. The van der Waals surface area contributed by atoms with Gasteiger partial charge in [-0.05, 0) is 31.0 Å². The minimum absolute atomic E-state index is 0.196. The van der Waals surface area contributed by atoms with Crippen molar-refractivity contribution >= 4 is 5.57 Å². The number of unbranched alkanes of at least 4 members (excludes halogenated alkanes) is 2. The summed E-state index contributed by atoms with van der Waals surface area (Å²) in [5.41, 5.74) is 1.97. The molecule has 2 heteroatoms. The van der Waals surface area contributed by atoms with E-state index in [9.17, 15) is 5.11 Å². The second-order valence-corrected chi connectivity index (χ2v) is 4.02. The number of phenolic OH excluding ortho intramolecular Hbond substituents is 1. The highest BCUT2D eigenvalue weighted by molar-refractivity contribution is 5.64. The van der Waals surface area contributed by atoms with Crippen LogP contribution in [0.5, 0.6) is 11.5 Å². The normalized spacial score (nSPS) is 10.1. The Morgan fingerprint density at radius 3 is 2.75 bits per heavy atom. The van der Waals surface area contributed by atoms with Crippen LogP contribution in [0.1, 0.15) is 38.7 Å². The molecule has 1 aromatic rings. The van der Waals surface area contributed by atoms with E-state index in [1.54, 1.807) is 6.07 Å². The van der Waals surface area contributed by atoms with Gasteiger partial charge in [0.2, 0.25) is 0 Å². The Morgan fingerprint density at radius 1 is 1.38 bits per heavy atom. The van der Waals surface area contributed by atoms with E-state index in [0.29, 0.717) is 12.4 Å². The molecule has 0 atom stereocenters. The third kappa shape index (κ3) is 3.61. The first-order valence-corrected chi connectivity index (χ1v) is 5.77. The van der Waals surface area contributed by atoms with Crippen molar-refractivity contribution in [2.45, 2.75) is 33.1 Å². The van der Waals surface area contributed by atoms with Crippen LogP contribution in [-0.2, 0) is 0 Å². The van der Waals surface area contributed by atoms with Crippen molar-refractivity contribution in [3.63, 3.8) is 0 Å². The second-order valence-electron chi connectivity index (χ2n) is 4.02. The molecule has 0 saturated heterocycles. The molecule has 0 saturated carbocycles. The molecule has 0 spiro atoms. The molecule has 0 radical (unpaired) electrons. The van der Waals surface area contributed by atoms with Gasteiger partial charge >= 0.3 is 0 Å². The average molecular weight is 220 g/mol. The third-order valence-corrected chi connectivity index (χ3v) is 2.46. The van der Waals surface area contributed by atoms with Crippen molar-refractivity contribution in [1.29, 1.82) is 0 Å². The van der Waals surface area contributed by atoms with Gasteiger partial charge in [0.1, 0.15) is 0 Å². The van der Waals surface area contributed by atoms with Crippen molar-refractivity contribution in [3.8, 4) is 11.5 Å². The lowest BCUT2D eigenvalue weighted by Crippen LogP contribution is -1.97. The Kier molecular flexibility index (Phi) is 4.90. The molecular formula is C14H20O2. The molecule has 1 N–H and O–H groups in total. The van der Waals surface area contributed by atoms with E-state index in [1.807, 2.05) is 19.1 Å². The number of aromatic hydroxyl groups is 1. The number of ether oxygens (including phenoxy) is 1. The summed E-state index contributed by atoms with van der Waals surface area (Å²) in [6.45, 7) is 8.61. The van der Waals surface area contributed by atoms with Crippen molar-refractivity contribution in [3.05, 3.63) is 30.3 Å². The van der Waals surface area contributed by atoms with Crippen molar-refractivity contribution < 1.29 is 9.84 Å². The van der Waals surface area contributed by atoms with Gasteiger partial charge in [-0.3, -0.25) is 0 Å². The van der Waals surface area contributed by atoms with E-state index in [4.69, 9.17) is 4.74 Å². The van der Waals surface area contributed by atoms with E-state index in [-0.39, 0.29) is 5.75 Å². The monoisotopic (exact) mass is 220 g/mol. The predicted octanol–water partition coefficient (Wildman–Crippen LogP) is 3.99. The van der Waals surface area contributed by atoms with Gasteiger partial charge in [-0.15, -0.1) is 0 Å². The van der Waals surface area contributed by atoms with Crippen LogP contribution >= 0.6 is 0 Å². The third-order valence-electron chi connectivity index (χ3n) is 2.46. The van der Waals surface area contributed by atoms with Crippen molar-refractivity contribution in [2.75, 3.05) is 6.61 Å². The number of hydrogen-bond acceptors (Lipinski definition) is 2. The van der Waals surface area contributed by atoms with Gasteiger partial charge in [0.25, 0.3) is 0 Å². The molecule has 2 nitrogen and oxygen atoms in total. The molecule has 0 aromatic heterocycles. The number of rotatable bonds is 6. The summed E-state index contributed by atoms with van der Waals surface area (Å²) in [5.74, 6) is 0.748. The summed E-state index contributed by atoms with van der Waals surface area (Å²) in [7, 11) is 0. The lowest BCUT2D eigenvalue weighted by atomic mass is 10.1. The van der Waals surface area contributed by atoms with Crippen LogP contribution in [-0.4, -0.2) is 11.7 Å². The summed E-state index contributed by atoms with van der Waals surface area (Å²) in [5, 5.41) is 9.62. The summed E-state index contributed by atoms with van der Waals surface area (Å²) in [4.78, 5) is 0. The molecule has 1 rings (SSSR count). The van der Waals surface area contributed by atoms with E-state index >= 15 is 0 Å². The molecule has 0 aliphatic rings. The zero-order valence-electron chi connectivity index (χ0n) is 10.1. The number of hydrogen-bond donors (Lipinski definition) is 1. The van der Waals surface area contributed by atoms with Gasteiger partial charge in [0.15, 0.2) is 11.5 Å². The second kappa shape index (κ2) is 6.21. The summed E-state index contributed by atoms with van der Waals surface area (Å²) >= 11 is 0. The fraction of sp³-hybridized carbons (Fsp3) is 0.429. The molecule has 0 aliphatic heterocycles. The largest absolute Gasteiger partial charge is 0.504 e. The van der Waals surface area contributed by atoms with E-state index in [1.165, 1.54) is 6.42 Å². The zero-order chi connectivity index (χ0) is 12.0. The van der Waals surface area contributed by atoms with Gasteiger partial charge < -0.3 is 9.84 Å². The van der Waals surface area contributed by atoms with E-state index in [2.05, 4.69) is 13.5 Å².